The number of nitrogens with zero attached hydrogens (tertiary/aromatic N) is 2. The zero-order chi connectivity index (χ0) is 28.8. The molecule has 0 saturated heterocycles. The number of carbonyl (C=O) groups excluding carboxylic acids is 2. The van der Waals surface area contributed by atoms with Gasteiger partial charge in [-0.25, -0.2) is 0 Å². The minimum Gasteiger partial charge on any atom is -0.493 e. The maximum absolute atomic E-state index is 14.0. The van der Waals surface area contributed by atoms with Crippen molar-refractivity contribution in [3.63, 3.8) is 0 Å². The van der Waals surface area contributed by atoms with Crippen LogP contribution < -0.4 is 19.7 Å². The van der Waals surface area contributed by atoms with Gasteiger partial charge in [0.25, 0.3) is 5.91 Å². The van der Waals surface area contributed by atoms with Gasteiger partial charge in [0.05, 0.1) is 26.2 Å². The van der Waals surface area contributed by atoms with E-state index in [0.717, 1.165) is 30.0 Å². The number of methoxy groups -OCH3 is 2. The molecule has 8 heteroatoms. The van der Waals surface area contributed by atoms with E-state index in [2.05, 4.69) is 48.3 Å². The van der Waals surface area contributed by atoms with E-state index in [4.69, 9.17) is 9.47 Å². The fourth-order valence-corrected chi connectivity index (χ4v) is 5.84. The molecule has 0 aromatic heterocycles. The number of nitrogens with one attached hydrogen (secondary N) is 1. The van der Waals surface area contributed by atoms with Crippen LogP contribution in [0.3, 0.4) is 0 Å². The van der Waals surface area contributed by atoms with Crippen molar-refractivity contribution in [1.82, 2.24) is 10.2 Å². The lowest BCUT2D eigenvalue weighted by Gasteiger charge is -2.40. The second-order valence-corrected chi connectivity index (χ2v) is 10.8. The third-order valence-corrected chi connectivity index (χ3v) is 8.31. The lowest BCUT2D eigenvalue weighted by atomic mass is 9.79. The highest BCUT2D eigenvalue weighted by Crippen LogP contribution is 2.45. The highest BCUT2D eigenvalue weighted by atomic mass is 32.2. The summed E-state index contributed by atoms with van der Waals surface area (Å²) in [5.74, 6) is 0.0584. The molecule has 7 nitrogen and oxygen atoms in total. The Morgan fingerprint density at radius 3 is 2.38 bits per heavy atom. The van der Waals surface area contributed by atoms with E-state index in [1.54, 1.807) is 43.0 Å². The average Bonchev–Trinajstić information content (AvgIpc) is 2.98. The zero-order valence-corrected chi connectivity index (χ0v) is 25.0. The quantitative estimate of drug-likeness (QED) is 0.240. The molecule has 2 atom stereocenters. The van der Waals surface area contributed by atoms with Crippen LogP contribution in [-0.2, 0) is 4.79 Å². The molecule has 1 N–H and O–H groups in total. The van der Waals surface area contributed by atoms with Crippen LogP contribution in [0.5, 0.6) is 11.5 Å². The van der Waals surface area contributed by atoms with Crippen LogP contribution >= 0.6 is 11.8 Å². The SMILES string of the molecule is CCN(CCCNC(=O)[C@H]1c2cc(OC)c(OC)cc2C(=O)N(C)[C@H]1c1ccc(SC)cc1)c1cccc(C)c1. The van der Waals surface area contributed by atoms with Gasteiger partial charge in [0.15, 0.2) is 11.5 Å². The summed E-state index contributed by atoms with van der Waals surface area (Å²) in [6.45, 7) is 6.47. The standard InChI is InChI=1S/C32H39N3O4S/c1-7-35(23-11-8-10-21(2)18-23)17-9-16-33-31(36)29-25-19-27(38-4)28(39-5)20-26(25)32(37)34(3)30(29)22-12-14-24(40-6)15-13-22/h8,10-15,18-20,29-30H,7,9,16-17H2,1-6H3,(H,33,36)/t29-,30-/m0/s1. The Morgan fingerprint density at radius 2 is 1.75 bits per heavy atom. The number of benzene rings is 3. The predicted octanol–water partition coefficient (Wildman–Crippen LogP) is 5.68. The van der Waals surface area contributed by atoms with Crippen LogP contribution in [0.15, 0.2) is 65.6 Å². The van der Waals surface area contributed by atoms with Crippen molar-refractivity contribution in [3.8, 4) is 11.5 Å². The van der Waals surface area contributed by atoms with E-state index >= 15 is 0 Å². The molecule has 4 rings (SSSR count). The van der Waals surface area contributed by atoms with Crippen LogP contribution in [-0.4, -0.2) is 63.9 Å². The summed E-state index contributed by atoms with van der Waals surface area (Å²) >= 11 is 1.65. The third kappa shape index (κ3) is 6.07. The van der Waals surface area contributed by atoms with Gasteiger partial charge in [0.2, 0.25) is 5.91 Å². The summed E-state index contributed by atoms with van der Waals surface area (Å²) in [6.07, 6.45) is 2.82. The molecule has 0 fully saturated rings. The summed E-state index contributed by atoms with van der Waals surface area (Å²) < 4.78 is 11.0. The molecule has 3 aromatic rings. The molecule has 1 aliphatic rings. The Balaban J connectivity index is 1.61. The number of thioether (sulfide) groups is 1. The van der Waals surface area contributed by atoms with E-state index in [-0.39, 0.29) is 11.8 Å². The molecule has 1 heterocycles. The molecule has 0 bridgehead atoms. The highest BCUT2D eigenvalue weighted by molar-refractivity contribution is 7.98. The number of amides is 2. The smallest absolute Gasteiger partial charge is 0.254 e. The normalized spacial score (nSPS) is 16.4. The monoisotopic (exact) mass is 561 g/mol. The first-order valence-corrected chi connectivity index (χ1v) is 14.8. The number of rotatable bonds is 11. The Bertz CT molecular complexity index is 1340. The summed E-state index contributed by atoms with van der Waals surface area (Å²) in [5.41, 5.74) is 4.42. The van der Waals surface area contributed by atoms with Crippen molar-refractivity contribution in [2.45, 2.75) is 37.1 Å². The number of carbonyl (C=O) groups is 2. The molecule has 0 spiro atoms. The van der Waals surface area contributed by atoms with Crippen LogP contribution in [0.4, 0.5) is 5.69 Å². The van der Waals surface area contributed by atoms with Crippen molar-refractivity contribution < 1.29 is 19.1 Å². The van der Waals surface area contributed by atoms with Crippen LogP contribution in [0.2, 0.25) is 0 Å². The largest absolute Gasteiger partial charge is 0.493 e. The van der Waals surface area contributed by atoms with Crippen molar-refractivity contribution in [2.75, 3.05) is 52.1 Å². The van der Waals surface area contributed by atoms with Gasteiger partial charge in [-0.15, -0.1) is 11.8 Å². The van der Waals surface area contributed by atoms with Gasteiger partial charge in [-0.05, 0) is 79.6 Å². The summed E-state index contributed by atoms with van der Waals surface area (Å²) in [6, 6.07) is 19.5. The predicted molar refractivity (Wildman–Crippen MR) is 162 cm³/mol. The van der Waals surface area contributed by atoms with Gasteiger partial charge in [-0.3, -0.25) is 9.59 Å². The Morgan fingerprint density at radius 1 is 1.05 bits per heavy atom. The number of fused-ring (bicyclic) bond motifs is 1. The van der Waals surface area contributed by atoms with Crippen LogP contribution in [0.1, 0.15) is 52.4 Å². The number of hydrogen-bond acceptors (Lipinski definition) is 6. The third-order valence-electron chi connectivity index (χ3n) is 7.57. The van der Waals surface area contributed by atoms with E-state index in [9.17, 15) is 9.59 Å². The first-order valence-electron chi connectivity index (χ1n) is 13.6. The van der Waals surface area contributed by atoms with E-state index in [1.807, 2.05) is 30.5 Å². The summed E-state index contributed by atoms with van der Waals surface area (Å²) in [7, 11) is 4.86. The second-order valence-electron chi connectivity index (χ2n) is 9.97. The maximum atomic E-state index is 14.0. The van der Waals surface area contributed by atoms with Crippen molar-refractivity contribution >= 4 is 29.3 Å². The van der Waals surface area contributed by atoms with Gasteiger partial charge in [0.1, 0.15) is 0 Å². The number of ether oxygens (including phenoxy) is 2. The minimum absolute atomic E-state index is 0.120. The molecule has 0 saturated carbocycles. The Kier molecular flexibility index (Phi) is 9.63. The lowest BCUT2D eigenvalue weighted by Crippen LogP contribution is -2.46. The summed E-state index contributed by atoms with van der Waals surface area (Å²) in [5, 5.41) is 3.18. The van der Waals surface area contributed by atoms with E-state index in [1.165, 1.54) is 18.4 Å². The molecule has 2 amide bonds. The first kappa shape index (κ1) is 29.3. The zero-order valence-electron chi connectivity index (χ0n) is 24.2. The van der Waals surface area contributed by atoms with Gasteiger partial charge in [0, 0.05) is 42.8 Å². The van der Waals surface area contributed by atoms with Gasteiger partial charge in [-0.2, -0.15) is 0 Å². The van der Waals surface area contributed by atoms with Gasteiger partial charge >= 0.3 is 0 Å². The second kappa shape index (κ2) is 13.1. The number of hydrogen-bond donors (Lipinski definition) is 1. The van der Waals surface area contributed by atoms with Crippen LogP contribution in [0, 0.1) is 6.92 Å². The van der Waals surface area contributed by atoms with Crippen molar-refractivity contribution in [3.05, 3.63) is 82.9 Å². The number of likely N-dealkylation sites (N-methyl/N-ethyl adjacent to an activating group) is 1. The van der Waals surface area contributed by atoms with Crippen molar-refractivity contribution in [2.24, 2.45) is 0 Å². The van der Waals surface area contributed by atoms with E-state index < -0.39 is 12.0 Å². The molecule has 212 valence electrons. The fraction of sp³-hybridized carbons (Fsp3) is 0.375. The molecule has 0 radical (unpaired) electrons. The molecular formula is C32H39N3O4S. The van der Waals surface area contributed by atoms with Crippen molar-refractivity contribution in [1.29, 1.82) is 0 Å². The molecule has 1 aliphatic heterocycles. The number of aryl methyl sites for hydroxylation is 1. The number of anilines is 1. The molecular weight excluding hydrogens is 522 g/mol. The highest BCUT2D eigenvalue weighted by Gasteiger charge is 2.43. The van der Waals surface area contributed by atoms with E-state index in [0.29, 0.717) is 29.2 Å². The molecule has 0 aliphatic carbocycles. The van der Waals surface area contributed by atoms with Crippen LogP contribution in [0.25, 0.3) is 0 Å². The lowest BCUT2D eigenvalue weighted by molar-refractivity contribution is -0.124. The average molecular weight is 562 g/mol. The Labute approximate surface area is 241 Å². The molecule has 3 aromatic carbocycles. The fourth-order valence-electron chi connectivity index (χ4n) is 5.43. The molecule has 40 heavy (non-hydrogen) atoms. The first-order chi connectivity index (χ1) is 19.3. The minimum atomic E-state index is -0.614. The summed E-state index contributed by atoms with van der Waals surface area (Å²) in [4.78, 5) is 32.6. The van der Waals surface area contributed by atoms with Gasteiger partial charge in [-0.1, -0.05) is 24.3 Å². The Hall–Kier alpha value is -3.65. The molecule has 0 unspecified atom stereocenters. The topological polar surface area (TPSA) is 71.1 Å². The van der Waals surface area contributed by atoms with Gasteiger partial charge < -0.3 is 24.6 Å². The maximum Gasteiger partial charge on any atom is 0.254 e.